The molecular formula is C13H16N4S. The predicted molar refractivity (Wildman–Crippen MR) is 75.4 cm³/mol. The maximum absolute atomic E-state index is 4.54. The third-order valence-electron chi connectivity index (χ3n) is 3.21. The first-order chi connectivity index (χ1) is 8.76. The molecule has 0 radical (unpaired) electrons. The standard InChI is InChI=1S/C13H16N4S/c1-9-15-12(14-2)7-13(16-9)17-5-3-11-10(8-17)4-6-18-11/h4,6-7H,3,5,8H2,1-2H3,(H,14,15,16). The summed E-state index contributed by atoms with van der Waals surface area (Å²) >= 11 is 1.86. The van der Waals surface area contributed by atoms with E-state index in [-0.39, 0.29) is 0 Å². The molecule has 5 heteroatoms. The van der Waals surface area contributed by atoms with Gasteiger partial charge in [-0.15, -0.1) is 11.3 Å². The summed E-state index contributed by atoms with van der Waals surface area (Å²) in [6, 6.07) is 4.24. The van der Waals surface area contributed by atoms with Gasteiger partial charge in [-0.2, -0.15) is 0 Å². The molecule has 1 aliphatic rings. The van der Waals surface area contributed by atoms with E-state index in [1.165, 1.54) is 10.4 Å². The Morgan fingerprint density at radius 1 is 1.39 bits per heavy atom. The smallest absolute Gasteiger partial charge is 0.134 e. The predicted octanol–water partition coefficient (Wildman–Crippen LogP) is 2.45. The normalized spacial score (nSPS) is 14.4. The summed E-state index contributed by atoms with van der Waals surface area (Å²) in [6.45, 7) is 3.93. The zero-order valence-corrected chi connectivity index (χ0v) is 11.4. The second kappa shape index (κ2) is 4.57. The minimum atomic E-state index is 0.813. The van der Waals surface area contributed by atoms with Crippen molar-refractivity contribution in [3.63, 3.8) is 0 Å². The van der Waals surface area contributed by atoms with E-state index in [2.05, 4.69) is 31.6 Å². The molecule has 0 spiro atoms. The molecular weight excluding hydrogens is 244 g/mol. The van der Waals surface area contributed by atoms with E-state index in [1.807, 2.05) is 31.4 Å². The number of nitrogens with one attached hydrogen (secondary N) is 1. The molecule has 0 atom stereocenters. The zero-order chi connectivity index (χ0) is 12.5. The fraction of sp³-hybridized carbons (Fsp3) is 0.385. The van der Waals surface area contributed by atoms with E-state index in [0.717, 1.165) is 37.0 Å². The van der Waals surface area contributed by atoms with Gasteiger partial charge in [0.2, 0.25) is 0 Å². The van der Waals surface area contributed by atoms with Gasteiger partial charge in [0.25, 0.3) is 0 Å². The Balaban J connectivity index is 1.90. The van der Waals surface area contributed by atoms with Crippen LogP contribution in [0.2, 0.25) is 0 Å². The molecule has 0 unspecified atom stereocenters. The first-order valence-electron chi connectivity index (χ1n) is 6.10. The topological polar surface area (TPSA) is 41.0 Å². The van der Waals surface area contributed by atoms with Gasteiger partial charge >= 0.3 is 0 Å². The third-order valence-corrected chi connectivity index (χ3v) is 4.24. The maximum Gasteiger partial charge on any atom is 0.134 e. The lowest BCUT2D eigenvalue weighted by Crippen LogP contribution is -2.30. The van der Waals surface area contributed by atoms with Crippen molar-refractivity contribution < 1.29 is 0 Å². The highest BCUT2D eigenvalue weighted by molar-refractivity contribution is 7.10. The molecule has 0 amide bonds. The number of anilines is 2. The number of aromatic nitrogens is 2. The van der Waals surface area contributed by atoms with E-state index in [4.69, 9.17) is 0 Å². The first kappa shape index (κ1) is 11.5. The Hall–Kier alpha value is -1.62. The lowest BCUT2D eigenvalue weighted by molar-refractivity contribution is 0.728. The maximum atomic E-state index is 4.54. The van der Waals surface area contributed by atoms with Gasteiger partial charge < -0.3 is 10.2 Å². The van der Waals surface area contributed by atoms with Crippen molar-refractivity contribution in [3.8, 4) is 0 Å². The van der Waals surface area contributed by atoms with Crippen molar-refractivity contribution in [2.45, 2.75) is 19.9 Å². The van der Waals surface area contributed by atoms with Gasteiger partial charge in [-0.25, -0.2) is 9.97 Å². The molecule has 2 aromatic heterocycles. The van der Waals surface area contributed by atoms with E-state index < -0.39 is 0 Å². The van der Waals surface area contributed by atoms with Crippen LogP contribution in [0.25, 0.3) is 0 Å². The van der Waals surface area contributed by atoms with Gasteiger partial charge in [0, 0.05) is 31.1 Å². The van der Waals surface area contributed by atoms with Crippen LogP contribution in [0.3, 0.4) is 0 Å². The van der Waals surface area contributed by atoms with E-state index in [0.29, 0.717) is 0 Å². The Bertz CT molecular complexity index is 564. The van der Waals surface area contributed by atoms with Crippen LogP contribution in [-0.2, 0) is 13.0 Å². The largest absolute Gasteiger partial charge is 0.373 e. The van der Waals surface area contributed by atoms with Gasteiger partial charge in [-0.05, 0) is 30.4 Å². The number of nitrogens with zero attached hydrogens (tertiary/aromatic N) is 3. The fourth-order valence-electron chi connectivity index (χ4n) is 2.29. The molecule has 0 bridgehead atoms. The summed E-state index contributed by atoms with van der Waals surface area (Å²) in [5.41, 5.74) is 1.44. The van der Waals surface area contributed by atoms with Crippen LogP contribution in [0.1, 0.15) is 16.3 Å². The highest BCUT2D eigenvalue weighted by atomic mass is 32.1. The van der Waals surface area contributed by atoms with Crippen molar-refractivity contribution in [1.29, 1.82) is 0 Å². The van der Waals surface area contributed by atoms with Gasteiger partial charge in [-0.1, -0.05) is 0 Å². The summed E-state index contributed by atoms with van der Waals surface area (Å²) in [4.78, 5) is 12.7. The molecule has 2 aromatic rings. The molecule has 94 valence electrons. The molecule has 0 aromatic carbocycles. The number of thiophene rings is 1. The summed E-state index contributed by atoms with van der Waals surface area (Å²) in [7, 11) is 1.89. The van der Waals surface area contributed by atoms with Crippen LogP contribution < -0.4 is 10.2 Å². The Morgan fingerprint density at radius 3 is 3.11 bits per heavy atom. The van der Waals surface area contributed by atoms with E-state index in [9.17, 15) is 0 Å². The lowest BCUT2D eigenvalue weighted by Gasteiger charge is -2.28. The molecule has 1 aliphatic heterocycles. The van der Waals surface area contributed by atoms with Crippen LogP contribution >= 0.6 is 11.3 Å². The average Bonchev–Trinajstić information content (AvgIpc) is 2.85. The lowest BCUT2D eigenvalue weighted by atomic mass is 10.1. The third kappa shape index (κ3) is 2.06. The molecule has 18 heavy (non-hydrogen) atoms. The number of aryl methyl sites for hydroxylation is 1. The van der Waals surface area contributed by atoms with Gasteiger partial charge in [0.1, 0.15) is 17.5 Å². The highest BCUT2D eigenvalue weighted by Gasteiger charge is 2.19. The van der Waals surface area contributed by atoms with Crippen molar-refractivity contribution in [2.24, 2.45) is 0 Å². The number of fused-ring (bicyclic) bond motifs is 1. The number of hydrogen-bond donors (Lipinski definition) is 1. The molecule has 4 nitrogen and oxygen atoms in total. The van der Waals surface area contributed by atoms with Crippen LogP contribution in [0.4, 0.5) is 11.6 Å². The van der Waals surface area contributed by atoms with Crippen molar-refractivity contribution >= 4 is 23.0 Å². The fourth-order valence-corrected chi connectivity index (χ4v) is 3.18. The van der Waals surface area contributed by atoms with Crippen LogP contribution in [-0.4, -0.2) is 23.6 Å². The molecule has 0 fully saturated rings. The summed E-state index contributed by atoms with van der Waals surface area (Å²) in [5.74, 6) is 2.71. The zero-order valence-electron chi connectivity index (χ0n) is 10.6. The van der Waals surface area contributed by atoms with Crippen molar-refractivity contribution in [3.05, 3.63) is 33.8 Å². The minimum Gasteiger partial charge on any atom is -0.373 e. The minimum absolute atomic E-state index is 0.813. The molecule has 0 saturated heterocycles. The van der Waals surface area contributed by atoms with Crippen molar-refractivity contribution in [1.82, 2.24) is 9.97 Å². The summed E-state index contributed by atoms with van der Waals surface area (Å²) < 4.78 is 0. The molecule has 3 rings (SSSR count). The number of rotatable bonds is 2. The Morgan fingerprint density at radius 2 is 2.28 bits per heavy atom. The van der Waals surface area contributed by atoms with Gasteiger partial charge in [-0.3, -0.25) is 0 Å². The highest BCUT2D eigenvalue weighted by Crippen LogP contribution is 2.27. The number of hydrogen-bond acceptors (Lipinski definition) is 5. The van der Waals surface area contributed by atoms with E-state index in [1.54, 1.807) is 0 Å². The average molecular weight is 260 g/mol. The van der Waals surface area contributed by atoms with Crippen LogP contribution in [0, 0.1) is 6.92 Å². The molecule has 0 saturated carbocycles. The van der Waals surface area contributed by atoms with Crippen molar-refractivity contribution in [2.75, 3.05) is 23.8 Å². The second-order valence-corrected chi connectivity index (χ2v) is 5.45. The Labute approximate surface area is 111 Å². The van der Waals surface area contributed by atoms with Crippen LogP contribution in [0.15, 0.2) is 17.5 Å². The summed E-state index contributed by atoms with van der Waals surface area (Å²) in [5, 5.41) is 5.26. The SMILES string of the molecule is CNc1cc(N2CCc3sccc3C2)nc(C)n1. The molecule has 3 heterocycles. The molecule has 0 aliphatic carbocycles. The Kier molecular flexibility index (Phi) is 2.91. The summed E-state index contributed by atoms with van der Waals surface area (Å²) in [6.07, 6.45) is 1.12. The quantitative estimate of drug-likeness (QED) is 0.900. The molecule has 1 N–H and O–H groups in total. The van der Waals surface area contributed by atoms with Gasteiger partial charge in [0.15, 0.2) is 0 Å². The monoisotopic (exact) mass is 260 g/mol. The second-order valence-electron chi connectivity index (χ2n) is 4.45. The first-order valence-corrected chi connectivity index (χ1v) is 6.98. The van der Waals surface area contributed by atoms with Gasteiger partial charge in [0.05, 0.1) is 0 Å². The van der Waals surface area contributed by atoms with E-state index >= 15 is 0 Å². The van der Waals surface area contributed by atoms with Crippen LogP contribution in [0.5, 0.6) is 0 Å².